The van der Waals surface area contributed by atoms with E-state index in [9.17, 15) is 9.18 Å². The lowest BCUT2D eigenvalue weighted by Gasteiger charge is -2.12. The Morgan fingerprint density at radius 2 is 2.00 bits per heavy atom. The summed E-state index contributed by atoms with van der Waals surface area (Å²) < 4.78 is 15.5. The molecule has 6 heteroatoms. The first-order valence-corrected chi connectivity index (χ1v) is 7.57. The van der Waals surface area contributed by atoms with Crippen LogP contribution in [0.25, 0.3) is 16.6 Å². The highest BCUT2D eigenvalue weighted by Crippen LogP contribution is 2.20. The van der Waals surface area contributed by atoms with Crippen molar-refractivity contribution in [2.45, 2.75) is 6.92 Å². The van der Waals surface area contributed by atoms with E-state index in [0.717, 1.165) is 3.57 Å². The molecule has 3 aromatic rings. The molecule has 1 aromatic heterocycles. The van der Waals surface area contributed by atoms with Gasteiger partial charge in [-0.05, 0) is 83.1 Å². The summed E-state index contributed by atoms with van der Waals surface area (Å²) in [6.07, 6.45) is 0. The zero-order valence-electron chi connectivity index (χ0n) is 10.9. The zero-order valence-corrected chi connectivity index (χ0v) is 13.8. The maximum atomic E-state index is 13.2. The summed E-state index contributed by atoms with van der Waals surface area (Å²) in [6, 6.07) is 9.56. The van der Waals surface area contributed by atoms with Crippen LogP contribution in [0, 0.1) is 16.3 Å². The van der Waals surface area contributed by atoms with E-state index in [1.165, 1.54) is 22.8 Å². The number of aromatic nitrogens is 2. The van der Waals surface area contributed by atoms with Gasteiger partial charge in [-0.1, -0.05) is 0 Å². The number of benzene rings is 2. The topological polar surface area (TPSA) is 34.9 Å². The van der Waals surface area contributed by atoms with Crippen molar-refractivity contribution in [3.63, 3.8) is 0 Å². The molecule has 0 amide bonds. The Balaban J connectivity index is 2.40. The van der Waals surface area contributed by atoms with Crippen molar-refractivity contribution in [1.82, 2.24) is 9.55 Å². The Morgan fingerprint density at radius 1 is 1.24 bits per heavy atom. The van der Waals surface area contributed by atoms with Crippen LogP contribution in [0.2, 0.25) is 5.28 Å². The average Bonchev–Trinajstić information content (AvgIpc) is 2.42. The Morgan fingerprint density at radius 3 is 2.71 bits per heavy atom. The minimum absolute atomic E-state index is 0.0587. The molecule has 0 aliphatic carbocycles. The van der Waals surface area contributed by atoms with E-state index in [0.29, 0.717) is 22.2 Å². The van der Waals surface area contributed by atoms with Gasteiger partial charge in [-0.15, -0.1) is 0 Å². The fourth-order valence-corrected chi connectivity index (χ4v) is 2.96. The fraction of sp³-hybridized carbons (Fsp3) is 0.0667. The largest absolute Gasteiger partial charge is 0.268 e. The van der Waals surface area contributed by atoms with E-state index in [4.69, 9.17) is 11.6 Å². The molecule has 0 saturated heterocycles. The van der Waals surface area contributed by atoms with Crippen molar-refractivity contribution in [3.8, 4) is 5.69 Å². The van der Waals surface area contributed by atoms with Crippen molar-refractivity contribution in [2.24, 2.45) is 0 Å². The highest BCUT2D eigenvalue weighted by Gasteiger charge is 2.13. The van der Waals surface area contributed by atoms with E-state index in [2.05, 4.69) is 27.6 Å². The third-order valence-electron chi connectivity index (χ3n) is 3.19. The van der Waals surface area contributed by atoms with Crippen LogP contribution in [0.4, 0.5) is 4.39 Å². The summed E-state index contributed by atoms with van der Waals surface area (Å²) in [5.74, 6) is -0.358. The van der Waals surface area contributed by atoms with Gasteiger partial charge in [-0.3, -0.25) is 9.36 Å². The normalized spacial score (nSPS) is 11.0. The van der Waals surface area contributed by atoms with Gasteiger partial charge in [0.25, 0.3) is 5.56 Å². The van der Waals surface area contributed by atoms with E-state index < -0.39 is 0 Å². The summed E-state index contributed by atoms with van der Waals surface area (Å²) in [7, 11) is 0. The van der Waals surface area contributed by atoms with Crippen LogP contribution in [0.15, 0.2) is 41.2 Å². The molecule has 0 aliphatic rings. The second-order valence-electron chi connectivity index (χ2n) is 4.61. The number of rotatable bonds is 1. The lowest BCUT2D eigenvalue weighted by atomic mass is 10.2. The van der Waals surface area contributed by atoms with Crippen molar-refractivity contribution < 1.29 is 4.39 Å². The summed E-state index contributed by atoms with van der Waals surface area (Å²) in [4.78, 5) is 16.9. The highest BCUT2D eigenvalue weighted by atomic mass is 127. The molecule has 106 valence electrons. The summed E-state index contributed by atoms with van der Waals surface area (Å²) in [6.45, 7) is 1.72. The Bertz CT molecular complexity index is 923. The van der Waals surface area contributed by atoms with E-state index in [1.54, 1.807) is 19.1 Å². The molecule has 2 aromatic carbocycles. The monoisotopic (exact) mass is 414 g/mol. The number of halogens is 3. The minimum Gasteiger partial charge on any atom is -0.268 e. The van der Waals surface area contributed by atoms with Crippen molar-refractivity contribution in [2.75, 3.05) is 0 Å². The molecule has 1 heterocycles. The summed E-state index contributed by atoms with van der Waals surface area (Å²) in [5, 5.41) is 0.540. The molecular weight excluding hydrogens is 406 g/mol. The van der Waals surface area contributed by atoms with Crippen LogP contribution in [-0.4, -0.2) is 9.55 Å². The van der Waals surface area contributed by atoms with E-state index in [-0.39, 0.29) is 16.7 Å². The molecular formula is C15H9ClFIN2O. The van der Waals surface area contributed by atoms with Gasteiger partial charge >= 0.3 is 0 Å². The van der Waals surface area contributed by atoms with Gasteiger partial charge in [0.15, 0.2) is 0 Å². The van der Waals surface area contributed by atoms with Crippen LogP contribution >= 0.6 is 34.2 Å². The maximum Gasteiger partial charge on any atom is 0.266 e. The standard InChI is InChI=1S/C15H9ClFIN2O/c1-8-6-9(17)2-5-13(8)20-14(21)11-7-10(18)3-4-12(11)19-15(20)16/h2-7H,1H3. The first kappa shape index (κ1) is 14.5. The molecule has 0 atom stereocenters. The molecule has 0 spiro atoms. The van der Waals surface area contributed by atoms with Crippen LogP contribution in [0.3, 0.4) is 0 Å². The number of aryl methyl sites for hydroxylation is 1. The first-order chi connectivity index (χ1) is 9.97. The molecule has 0 bridgehead atoms. The highest BCUT2D eigenvalue weighted by molar-refractivity contribution is 14.1. The van der Waals surface area contributed by atoms with E-state index in [1.807, 2.05) is 6.07 Å². The van der Waals surface area contributed by atoms with Crippen molar-refractivity contribution >= 4 is 45.1 Å². The van der Waals surface area contributed by atoms with Gasteiger partial charge in [-0.25, -0.2) is 9.37 Å². The number of hydrogen-bond donors (Lipinski definition) is 0. The smallest absolute Gasteiger partial charge is 0.266 e. The number of nitrogens with zero attached hydrogens (tertiary/aromatic N) is 2. The maximum absolute atomic E-state index is 13.2. The minimum atomic E-state index is -0.358. The predicted molar refractivity (Wildman–Crippen MR) is 89.8 cm³/mol. The molecule has 0 unspecified atom stereocenters. The summed E-state index contributed by atoms with van der Waals surface area (Å²) >= 11 is 8.28. The van der Waals surface area contributed by atoms with Gasteiger partial charge in [0.05, 0.1) is 16.6 Å². The number of fused-ring (bicyclic) bond motifs is 1. The summed E-state index contributed by atoms with van der Waals surface area (Å²) in [5.41, 5.74) is 1.42. The average molecular weight is 415 g/mol. The van der Waals surface area contributed by atoms with Crippen molar-refractivity contribution in [1.29, 1.82) is 0 Å². The third-order valence-corrected chi connectivity index (χ3v) is 4.11. The lowest BCUT2D eigenvalue weighted by Crippen LogP contribution is -2.21. The van der Waals surface area contributed by atoms with Gasteiger partial charge in [0.1, 0.15) is 5.82 Å². The Labute approximate surface area is 138 Å². The quantitative estimate of drug-likeness (QED) is 0.444. The van der Waals surface area contributed by atoms with Gasteiger partial charge in [0, 0.05) is 3.57 Å². The molecule has 0 fully saturated rings. The predicted octanol–water partition coefficient (Wildman–Crippen LogP) is 4.09. The van der Waals surface area contributed by atoms with Crippen LogP contribution in [0.1, 0.15) is 5.56 Å². The Hall–Kier alpha value is -1.47. The van der Waals surface area contributed by atoms with Crippen LogP contribution in [-0.2, 0) is 0 Å². The van der Waals surface area contributed by atoms with Gasteiger partial charge in [-0.2, -0.15) is 0 Å². The lowest BCUT2D eigenvalue weighted by molar-refractivity contribution is 0.626. The molecule has 0 N–H and O–H groups in total. The SMILES string of the molecule is Cc1cc(F)ccc1-n1c(Cl)nc2ccc(I)cc2c1=O. The van der Waals surface area contributed by atoms with E-state index >= 15 is 0 Å². The van der Waals surface area contributed by atoms with Crippen LogP contribution in [0.5, 0.6) is 0 Å². The van der Waals surface area contributed by atoms with Gasteiger partial charge < -0.3 is 0 Å². The fourth-order valence-electron chi connectivity index (χ4n) is 2.21. The molecule has 0 saturated carbocycles. The molecule has 0 aliphatic heterocycles. The Kier molecular flexibility index (Phi) is 3.71. The number of hydrogen-bond acceptors (Lipinski definition) is 2. The molecule has 3 nitrogen and oxygen atoms in total. The zero-order chi connectivity index (χ0) is 15.1. The molecule has 21 heavy (non-hydrogen) atoms. The first-order valence-electron chi connectivity index (χ1n) is 6.12. The van der Waals surface area contributed by atoms with Crippen LogP contribution < -0.4 is 5.56 Å². The second-order valence-corrected chi connectivity index (χ2v) is 6.20. The van der Waals surface area contributed by atoms with Crippen molar-refractivity contribution in [3.05, 3.63) is 67.0 Å². The third kappa shape index (κ3) is 2.55. The molecule has 0 radical (unpaired) electrons. The van der Waals surface area contributed by atoms with Gasteiger partial charge in [0.2, 0.25) is 5.28 Å². The molecule has 3 rings (SSSR count). The second kappa shape index (κ2) is 5.38.